The summed E-state index contributed by atoms with van der Waals surface area (Å²) in [5.41, 5.74) is 3.65. The predicted molar refractivity (Wildman–Crippen MR) is 87.2 cm³/mol. The van der Waals surface area contributed by atoms with Crippen molar-refractivity contribution in [1.82, 2.24) is 10.4 Å². The third kappa shape index (κ3) is 4.39. The fourth-order valence-electron chi connectivity index (χ4n) is 2.40. The molecule has 0 radical (unpaired) electrons. The molecule has 1 aliphatic heterocycles. The number of methoxy groups -OCH3 is 2. The summed E-state index contributed by atoms with van der Waals surface area (Å²) in [6.07, 6.45) is 6.66. The number of carbonyl (C=O) groups is 1. The number of hydrazine groups is 1. The molecule has 0 unspecified atom stereocenters. The zero-order valence-corrected chi connectivity index (χ0v) is 13.7. The van der Waals surface area contributed by atoms with Crippen molar-refractivity contribution in [3.63, 3.8) is 0 Å². The lowest BCUT2D eigenvalue weighted by Crippen LogP contribution is -2.44. The predicted octanol–water partition coefficient (Wildman–Crippen LogP) is 2.89. The largest absolute Gasteiger partial charge is 0.493 e. The highest BCUT2D eigenvalue weighted by atomic mass is 35.5. The van der Waals surface area contributed by atoms with Gasteiger partial charge in [0.15, 0.2) is 11.5 Å². The molecule has 1 heterocycles. The van der Waals surface area contributed by atoms with Crippen molar-refractivity contribution in [1.29, 1.82) is 0 Å². The molecule has 2 rings (SSSR count). The van der Waals surface area contributed by atoms with Crippen molar-refractivity contribution in [3.8, 4) is 11.5 Å². The first kappa shape index (κ1) is 16.6. The summed E-state index contributed by atoms with van der Waals surface area (Å²) in [5.74, 6) is 0.873. The van der Waals surface area contributed by atoms with E-state index in [1.165, 1.54) is 19.6 Å². The Balaban J connectivity index is 2.02. The highest BCUT2D eigenvalue weighted by molar-refractivity contribution is 6.32. The zero-order valence-electron chi connectivity index (χ0n) is 12.9. The summed E-state index contributed by atoms with van der Waals surface area (Å²) in [5, 5.41) is 2.40. The molecular formula is C16H21ClN2O3. The van der Waals surface area contributed by atoms with E-state index in [9.17, 15) is 4.79 Å². The minimum absolute atomic E-state index is 0.146. The van der Waals surface area contributed by atoms with Crippen molar-refractivity contribution in [2.75, 3.05) is 27.3 Å². The Kier molecular flexibility index (Phi) is 6.10. The number of piperidine rings is 1. The normalized spacial score (nSPS) is 15.8. The van der Waals surface area contributed by atoms with Gasteiger partial charge >= 0.3 is 0 Å². The van der Waals surface area contributed by atoms with Crippen molar-refractivity contribution in [2.45, 2.75) is 19.3 Å². The highest BCUT2D eigenvalue weighted by Gasteiger charge is 2.12. The fraction of sp³-hybridized carbons (Fsp3) is 0.438. The van der Waals surface area contributed by atoms with Gasteiger partial charge in [-0.05, 0) is 36.6 Å². The Bertz CT molecular complexity index is 555. The summed E-state index contributed by atoms with van der Waals surface area (Å²) < 4.78 is 10.4. The van der Waals surface area contributed by atoms with Gasteiger partial charge in [-0.2, -0.15) is 0 Å². The Morgan fingerprint density at radius 3 is 2.59 bits per heavy atom. The summed E-state index contributed by atoms with van der Waals surface area (Å²) in [4.78, 5) is 11.9. The summed E-state index contributed by atoms with van der Waals surface area (Å²) in [6, 6.07) is 3.50. The second-order valence-electron chi connectivity index (χ2n) is 5.10. The Morgan fingerprint density at radius 2 is 1.95 bits per heavy atom. The van der Waals surface area contributed by atoms with Gasteiger partial charge in [0.25, 0.3) is 5.91 Å². The van der Waals surface area contributed by atoms with E-state index in [-0.39, 0.29) is 5.91 Å². The highest BCUT2D eigenvalue weighted by Crippen LogP contribution is 2.36. The molecule has 0 aromatic heterocycles. The van der Waals surface area contributed by atoms with Gasteiger partial charge in [-0.25, -0.2) is 5.01 Å². The lowest BCUT2D eigenvalue weighted by atomic mass is 10.1. The lowest BCUT2D eigenvalue weighted by molar-refractivity contribution is -0.121. The molecular weight excluding hydrogens is 304 g/mol. The molecule has 6 heteroatoms. The van der Waals surface area contributed by atoms with Gasteiger partial charge in [0, 0.05) is 19.2 Å². The number of hydrogen-bond donors (Lipinski definition) is 1. The van der Waals surface area contributed by atoms with Crippen molar-refractivity contribution < 1.29 is 14.3 Å². The molecule has 1 fully saturated rings. The van der Waals surface area contributed by atoms with E-state index in [4.69, 9.17) is 21.1 Å². The van der Waals surface area contributed by atoms with Crippen LogP contribution in [0.15, 0.2) is 18.2 Å². The molecule has 0 saturated carbocycles. The van der Waals surface area contributed by atoms with Crippen LogP contribution in [0.4, 0.5) is 0 Å². The van der Waals surface area contributed by atoms with Crippen LogP contribution in [0.3, 0.4) is 0 Å². The molecule has 1 aliphatic rings. The van der Waals surface area contributed by atoms with E-state index in [2.05, 4.69) is 5.43 Å². The molecule has 0 spiro atoms. The monoisotopic (exact) mass is 324 g/mol. The maximum absolute atomic E-state index is 11.9. The Hall–Kier alpha value is -1.72. The lowest BCUT2D eigenvalue weighted by Gasteiger charge is -2.26. The van der Waals surface area contributed by atoms with Crippen LogP contribution in [0.5, 0.6) is 11.5 Å². The van der Waals surface area contributed by atoms with Gasteiger partial charge in [-0.1, -0.05) is 18.0 Å². The van der Waals surface area contributed by atoms with Gasteiger partial charge in [-0.3, -0.25) is 10.2 Å². The van der Waals surface area contributed by atoms with Gasteiger partial charge in [0.2, 0.25) is 0 Å². The molecule has 0 atom stereocenters. The molecule has 0 bridgehead atoms. The molecule has 1 N–H and O–H groups in total. The first-order valence-electron chi connectivity index (χ1n) is 7.29. The van der Waals surface area contributed by atoms with E-state index in [1.807, 2.05) is 5.01 Å². The number of nitrogens with one attached hydrogen (secondary N) is 1. The van der Waals surface area contributed by atoms with E-state index >= 15 is 0 Å². The Morgan fingerprint density at radius 1 is 1.23 bits per heavy atom. The summed E-state index contributed by atoms with van der Waals surface area (Å²) in [7, 11) is 3.08. The molecule has 22 heavy (non-hydrogen) atoms. The van der Waals surface area contributed by atoms with Crippen LogP contribution >= 0.6 is 11.6 Å². The molecule has 0 aliphatic carbocycles. The minimum Gasteiger partial charge on any atom is -0.493 e. The first-order valence-corrected chi connectivity index (χ1v) is 7.67. The molecule has 1 aromatic rings. The average molecular weight is 325 g/mol. The maximum Gasteiger partial charge on any atom is 0.258 e. The van der Waals surface area contributed by atoms with Crippen LogP contribution in [-0.4, -0.2) is 38.2 Å². The number of benzene rings is 1. The number of halogens is 1. The van der Waals surface area contributed by atoms with Gasteiger partial charge in [0.05, 0.1) is 19.2 Å². The number of amides is 1. The zero-order chi connectivity index (χ0) is 15.9. The quantitative estimate of drug-likeness (QED) is 0.846. The average Bonchev–Trinajstić information content (AvgIpc) is 2.53. The molecule has 1 aromatic carbocycles. The SMILES string of the molecule is COc1cc(/C=C/C(=O)NN2CCCCC2)cc(Cl)c1OC. The topological polar surface area (TPSA) is 50.8 Å². The van der Waals surface area contributed by atoms with Gasteiger partial charge in [0.1, 0.15) is 0 Å². The standard InChI is InChI=1S/C16H21ClN2O3/c1-21-14-11-12(10-13(17)16(14)22-2)6-7-15(20)18-19-8-4-3-5-9-19/h6-7,10-11H,3-5,8-9H2,1-2H3,(H,18,20)/b7-6+. The van der Waals surface area contributed by atoms with Crippen LogP contribution in [0.1, 0.15) is 24.8 Å². The number of rotatable bonds is 5. The second kappa shape index (κ2) is 8.06. The molecule has 120 valence electrons. The summed E-state index contributed by atoms with van der Waals surface area (Å²) >= 11 is 6.14. The number of ether oxygens (including phenoxy) is 2. The maximum atomic E-state index is 11.9. The van der Waals surface area contributed by atoms with Crippen LogP contribution in [0.2, 0.25) is 5.02 Å². The van der Waals surface area contributed by atoms with Crippen molar-refractivity contribution >= 4 is 23.6 Å². The molecule has 1 saturated heterocycles. The third-order valence-corrected chi connectivity index (χ3v) is 3.79. The summed E-state index contributed by atoms with van der Waals surface area (Å²) in [6.45, 7) is 1.81. The van der Waals surface area contributed by atoms with Gasteiger partial charge < -0.3 is 9.47 Å². The van der Waals surface area contributed by atoms with Crippen molar-refractivity contribution in [2.24, 2.45) is 0 Å². The van der Waals surface area contributed by atoms with E-state index in [1.54, 1.807) is 25.3 Å². The number of hydrogen-bond acceptors (Lipinski definition) is 4. The van der Waals surface area contributed by atoms with Crippen LogP contribution in [0, 0.1) is 0 Å². The smallest absolute Gasteiger partial charge is 0.258 e. The molecule has 5 nitrogen and oxygen atoms in total. The van der Waals surface area contributed by atoms with Crippen LogP contribution < -0.4 is 14.9 Å². The van der Waals surface area contributed by atoms with Crippen LogP contribution in [-0.2, 0) is 4.79 Å². The third-order valence-electron chi connectivity index (χ3n) is 3.51. The van der Waals surface area contributed by atoms with Crippen LogP contribution in [0.25, 0.3) is 6.08 Å². The van der Waals surface area contributed by atoms with E-state index in [0.29, 0.717) is 16.5 Å². The van der Waals surface area contributed by atoms with E-state index < -0.39 is 0 Å². The van der Waals surface area contributed by atoms with E-state index in [0.717, 1.165) is 31.5 Å². The number of nitrogens with zero attached hydrogens (tertiary/aromatic N) is 1. The Labute approximate surface area is 135 Å². The second-order valence-corrected chi connectivity index (χ2v) is 5.50. The molecule has 1 amide bonds. The first-order chi connectivity index (χ1) is 10.6. The minimum atomic E-state index is -0.146. The van der Waals surface area contributed by atoms with Crippen molar-refractivity contribution in [3.05, 3.63) is 28.8 Å². The van der Waals surface area contributed by atoms with Gasteiger partial charge in [-0.15, -0.1) is 0 Å². The fourth-order valence-corrected chi connectivity index (χ4v) is 2.70. The number of carbonyl (C=O) groups excluding carboxylic acids is 1.